The number of carbonyl (C=O) groups is 2. The highest BCUT2D eigenvalue weighted by molar-refractivity contribution is 8.18. The Morgan fingerprint density at radius 2 is 1.59 bits per heavy atom. The van der Waals surface area contributed by atoms with Gasteiger partial charge in [-0.3, -0.25) is 14.9 Å². The van der Waals surface area contributed by atoms with Gasteiger partial charge in [0.2, 0.25) is 11.8 Å². The molecule has 2 saturated heterocycles. The Labute approximate surface area is 201 Å². The quantitative estimate of drug-likeness (QED) is 0.542. The van der Waals surface area contributed by atoms with E-state index in [9.17, 15) is 9.59 Å². The SMILES string of the molecule is O=C1NC(=O)/C(=C/c2cc(OCc3ccccc3)nc(N3CCN(c4ccccc4)CC3)n2)S1. The number of benzene rings is 2. The summed E-state index contributed by atoms with van der Waals surface area (Å²) in [6.45, 7) is 3.54. The van der Waals surface area contributed by atoms with Crippen LogP contribution in [0.15, 0.2) is 71.6 Å². The van der Waals surface area contributed by atoms with Crippen LogP contribution in [0, 0.1) is 0 Å². The van der Waals surface area contributed by atoms with Gasteiger partial charge in [-0.05, 0) is 35.5 Å². The van der Waals surface area contributed by atoms with E-state index in [0.29, 0.717) is 29.0 Å². The molecule has 0 spiro atoms. The summed E-state index contributed by atoms with van der Waals surface area (Å²) < 4.78 is 5.98. The molecule has 1 aromatic heterocycles. The predicted octanol–water partition coefficient (Wildman–Crippen LogP) is 3.71. The molecule has 0 radical (unpaired) electrons. The first kappa shape index (κ1) is 22.0. The van der Waals surface area contributed by atoms with Gasteiger partial charge in [-0.2, -0.15) is 4.98 Å². The molecular formula is C25H23N5O3S. The third-order valence-corrected chi connectivity index (χ3v) is 6.36. The van der Waals surface area contributed by atoms with Gasteiger partial charge >= 0.3 is 0 Å². The predicted molar refractivity (Wildman–Crippen MR) is 133 cm³/mol. The summed E-state index contributed by atoms with van der Waals surface area (Å²) in [6.07, 6.45) is 1.60. The zero-order valence-electron chi connectivity index (χ0n) is 18.4. The topological polar surface area (TPSA) is 87.7 Å². The molecule has 3 aromatic rings. The van der Waals surface area contributed by atoms with Crippen molar-refractivity contribution in [2.75, 3.05) is 36.0 Å². The number of hydrogen-bond acceptors (Lipinski definition) is 8. The number of nitrogens with zero attached hydrogens (tertiary/aromatic N) is 4. The maximum absolute atomic E-state index is 12.0. The average molecular weight is 474 g/mol. The molecule has 2 amide bonds. The van der Waals surface area contributed by atoms with Gasteiger partial charge in [0.15, 0.2) is 0 Å². The van der Waals surface area contributed by atoms with Gasteiger partial charge < -0.3 is 14.5 Å². The molecule has 9 heteroatoms. The third kappa shape index (κ3) is 5.20. The van der Waals surface area contributed by atoms with Crippen LogP contribution in [0.4, 0.5) is 16.4 Å². The molecule has 0 bridgehead atoms. The smallest absolute Gasteiger partial charge is 0.290 e. The number of anilines is 2. The number of thioether (sulfide) groups is 1. The van der Waals surface area contributed by atoms with Crippen LogP contribution < -0.4 is 19.9 Å². The average Bonchev–Trinajstić information content (AvgIpc) is 3.20. The number of nitrogens with one attached hydrogen (secondary N) is 1. The summed E-state index contributed by atoms with van der Waals surface area (Å²) in [4.78, 5) is 37.7. The molecule has 2 aliphatic heterocycles. The number of carbonyl (C=O) groups excluding carboxylic acids is 2. The standard InChI is InChI=1S/C25H23N5O3S/c31-23-21(34-25(32)28-23)15-19-16-22(33-17-18-7-3-1-4-8-18)27-24(26-19)30-13-11-29(12-14-30)20-9-5-2-6-10-20/h1-10,15-16H,11-14,17H2,(H,28,31,32)/b21-15-. The molecule has 2 fully saturated rings. The minimum atomic E-state index is -0.418. The lowest BCUT2D eigenvalue weighted by Gasteiger charge is -2.36. The van der Waals surface area contributed by atoms with Crippen molar-refractivity contribution >= 4 is 40.6 Å². The molecule has 3 heterocycles. The molecule has 0 aliphatic carbocycles. The second-order valence-electron chi connectivity index (χ2n) is 7.87. The number of ether oxygens (including phenoxy) is 1. The number of amides is 2. The van der Waals surface area contributed by atoms with Gasteiger partial charge in [0.25, 0.3) is 11.1 Å². The normalized spacial score (nSPS) is 17.2. The molecule has 0 atom stereocenters. The van der Waals surface area contributed by atoms with Crippen molar-refractivity contribution in [1.29, 1.82) is 0 Å². The summed E-state index contributed by atoms with van der Waals surface area (Å²) in [5.74, 6) is 0.541. The van der Waals surface area contributed by atoms with Crippen LogP contribution in [0.2, 0.25) is 0 Å². The highest BCUT2D eigenvalue weighted by Crippen LogP contribution is 2.27. The zero-order valence-corrected chi connectivity index (χ0v) is 19.2. The van der Waals surface area contributed by atoms with Crippen LogP contribution in [-0.4, -0.2) is 47.3 Å². The van der Waals surface area contributed by atoms with Crippen LogP contribution in [0.5, 0.6) is 5.88 Å². The molecular weight excluding hydrogens is 450 g/mol. The van der Waals surface area contributed by atoms with E-state index in [4.69, 9.17) is 4.74 Å². The lowest BCUT2D eigenvalue weighted by atomic mass is 10.2. The third-order valence-electron chi connectivity index (χ3n) is 5.55. The number of aromatic nitrogens is 2. The molecule has 34 heavy (non-hydrogen) atoms. The van der Waals surface area contributed by atoms with Gasteiger partial charge in [0, 0.05) is 37.9 Å². The van der Waals surface area contributed by atoms with Crippen molar-refractivity contribution in [2.24, 2.45) is 0 Å². The molecule has 2 aromatic carbocycles. The Balaban J connectivity index is 1.37. The number of imide groups is 1. The lowest BCUT2D eigenvalue weighted by Crippen LogP contribution is -2.47. The minimum Gasteiger partial charge on any atom is -0.473 e. The molecule has 172 valence electrons. The highest BCUT2D eigenvalue weighted by atomic mass is 32.2. The van der Waals surface area contributed by atoms with E-state index in [2.05, 4.69) is 37.2 Å². The van der Waals surface area contributed by atoms with Gasteiger partial charge in [-0.1, -0.05) is 48.5 Å². The van der Waals surface area contributed by atoms with E-state index in [1.807, 2.05) is 48.5 Å². The Morgan fingerprint density at radius 1 is 0.912 bits per heavy atom. The van der Waals surface area contributed by atoms with E-state index < -0.39 is 5.91 Å². The van der Waals surface area contributed by atoms with Crippen molar-refractivity contribution in [1.82, 2.24) is 15.3 Å². The van der Waals surface area contributed by atoms with Crippen molar-refractivity contribution in [3.63, 3.8) is 0 Å². The van der Waals surface area contributed by atoms with Gasteiger partial charge in [0.05, 0.1) is 10.6 Å². The lowest BCUT2D eigenvalue weighted by molar-refractivity contribution is -0.115. The molecule has 2 aliphatic rings. The molecule has 5 rings (SSSR count). The second-order valence-corrected chi connectivity index (χ2v) is 8.88. The Hall–Kier alpha value is -3.85. The summed E-state index contributed by atoms with van der Waals surface area (Å²) in [5, 5.41) is 1.89. The monoisotopic (exact) mass is 473 g/mol. The molecule has 1 N–H and O–H groups in total. The maximum atomic E-state index is 12.0. The summed E-state index contributed by atoms with van der Waals surface area (Å²) in [7, 11) is 0. The summed E-state index contributed by atoms with van der Waals surface area (Å²) in [5.41, 5.74) is 2.74. The number of para-hydroxylation sites is 1. The Bertz CT molecular complexity index is 1210. The van der Waals surface area contributed by atoms with Crippen LogP contribution in [0.3, 0.4) is 0 Å². The Morgan fingerprint density at radius 3 is 2.26 bits per heavy atom. The molecule has 0 unspecified atom stereocenters. The van der Waals surface area contributed by atoms with Gasteiger partial charge in [0.1, 0.15) is 6.61 Å². The zero-order chi connectivity index (χ0) is 23.3. The fraction of sp³-hybridized carbons (Fsp3) is 0.200. The van der Waals surface area contributed by atoms with E-state index in [1.165, 1.54) is 5.69 Å². The molecule has 8 nitrogen and oxygen atoms in total. The fourth-order valence-electron chi connectivity index (χ4n) is 3.81. The van der Waals surface area contributed by atoms with E-state index in [-0.39, 0.29) is 5.24 Å². The summed E-state index contributed by atoms with van der Waals surface area (Å²) >= 11 is 0.864. The highest BCUT2D eigenvalue weighted by Gasteiger charge is 2.26. The van der Waals surface area contributed by atoms with E-state index >= 15 is 0 Å². The molecule has 0 saturated carbocycles. The van der Waals surface area contributed by atoms with Crippen molar-refractivity contribution < 1.29 is 14.3 Å². The van der Waals surface area contributed by atoms with Crippen molar-refractivity contribution in [3.8, 4) is 5.88 Å². The van der Waals surface area contributed by atoms with Crippen LogP contribution in [0.1, 0.15) is 11.3 Å². The van der Waals surface area contributed by atoms with Crippen LogP contribution in [-0.2, 0) is 11.4 Å². The van der Waals surface area contributed by atoms with Gasteiger partial charge in [-0.25, -0.2) is 4.98 Å². The minimum absolute atomic E-state index is 0.303. The largest absolute Gasteiger partial charge is 0.473 e. The van der Waals surface area contributed by atoms with Crippen molar-refractivity contribution in [3.05, 3.63) is 82.9 Å². The number of hydrogen-bond donors (Lipinski definition) is 1. The number of piperazine rings is 1. The first-order chi connectivity index (χ1) is 16.6. The van der Waals surface area contributed by atoms with E-state index in [1.54, 1.807) is 12.1 Å². The summed E-state index contributed by atoms with van der Waals surface area (Å²) in [6, 6.07) is 21.9. The second kappa shape index (κ2) is 9.96. The maximum Gasteiger partial charge on any atom is 0.290 e. The van der Waals surface area contributed by atoms with E-state index in [0.717, 1.165) is 43.5 Å². The first-order valence-electron chi connectivity index (χ1n) is 11.0. The first-order valence-corrected chi connectivity index (χ1v) is 11.8. The van der Waals surface area contributed by atoms with Crippen LogP contribution in [0.25, 0.3) is 6.08 Å². The Kier molecular flexibility index (Phi) is 6.44. The number of rotatable bonds is 6. The van der Waals surface area contributed by atoms with Gasteiger partial charge in [-0.15, -0.1) is 0 Å². The fourth-order valence-corrected chi connectivity index (χ4v) is 4.48. The van der Waals surface area contributed by atoms with Crippen LogP contribution >= 0.6 is 11.8 Å². The van der Waals surface area contributed by atoms with Crippen molar-refractivity contribution in [2.45, 2.75) is 6.61 Å².